The van der Waals surface area contributed by atoms with Gasteiger partial charge in [-0.05, 0) is 34.6 Å². The summed E-state index contributed by atoms with van der Waals surface area (Å²) >= 11 is 9.57. The highest BCUT2D eigenvalue weighted by molar-refractivity contribution is 9.10. The average molecular weight is 290 g/mol. The molecule has 0 heterocycles. The van der Waals surface area contributed by atoms with Crippen molar-refractivity contribution < 1.29 is 0 Å². The van der Waals surface area contributed by atoms with Gasteiger partial charge in [0.2, 0.25) is 0 Å². The van der Waals surface area contributed by atoms with E-state index in [0.29, 0.717) is 17.7 Å². The van der Waals surface area contributed by atoms with E-state index in [1.165, 1.54) is 21.2 Å². The minimum atomic E-state index is 0.532. The van der Waals surface area contributed by atoms with E-state index in [1.807, 2.05) is 0 Å². The van der Waals surface area contributed by atoms with E-state index in [-0.39, 0.29) is 0 Å². The average Bonchev–Trinajstić information content (AvgIpc) is 2.16. The van der Waals surface area contributed by atoms with Gasteiger partial charge in [0.25, 0.3) is 0 Å². The first-order valence-electron chi connectivity index (χ1n) is 5.35. The minimum Gasteiger partial charge on any atom is -0.122 e. The van der Waals surface area contributed by atoms with E-state index < -0.39 is 0 Å². The van der Waals surface area contributed by atoms with Gasteiger partial charge in [0.05, 0.1) is 0 Å². The molecule has 0 atom stereocenters. The third kappa shape index (κ3) is 2.98. The van der Waals surface area contributed by atoms with Gasteiger partial charge in [0.15, 0.2) is 0 Å². The zero-order chi connectivity index (χ0) is 11.6. The summed E-state index contributed by atoms with van der Waals surface area (Å²) in [4.78, 5) is 0. The molecule has 0 aliphatic heterocycles. The lowest BCUT2D eigenvalue weighted by Crippen LogP contribution is -1.99. The highest BCUT2D eigenvalue weighted by Crippen LogP contribution is 2.32. The standard InChI is InChI=1S/C13H18BrCl/c1-8(2)11-6-12(9(3)4)13(14)5-10(11)7-15/h5-6,8-9H,7H2,1-4H3. The Balaban J connectivity index is 3.30. The number of halogens is 2. The van der Waals surface area contributed by atoms with Crippen molar-refractivity contribution in [3.63, 3.8) is 0 Å². The SMILES string of the molecule is CC(C)c1cc(C(C)C)c(CCl)cc1Br. The molecular formula is C13H18BrCl. The summed E-state index contributed by atoms with van der Waals surface area (Å²) in [6, 6.07) is 4.45. The van der Waals surface area contributed by atoms with E-state index in [1.54, 1.807) is 0 Å². The Kier molecular flexibility index (Phi) is 4.66. The maximum absolute atomic E-state index is 5.96. The molecule has 1 aromatic carbocycles. The molecule has 0 radical (unpaired) electrons. The Morgan fingerprint density at radius 1 is 1.07 bits per heavy atom. The van der Waals surface area contributed by atoms with Gasteiger partial charge >= 0.3 is 0 Å². The summed E-state index contributed by atoms with van der Waals surface area (Å²) in [7, 11) is 0. The molecule has 0 amide bonds. The van der Waals surface area contributed by atoms with Crippen molar-refractivity contribution in [2.24, 2.45) is 0 Å². The maximum Gasteiger partial charge on any atom is 0.0477 e. The van der Waals surface area contributed by atoms with Crippen LogP contribution >= 0.6 is 27.5 Å². The number of benzene rings is 1. The van der Waals surface area contributed by atoms with Crippen molar-refractivity contribution in [3.05, 3.63) is 33.3 Å². The van der Waals surface area contributed by atoms with Crippen LogP contribution in [0.4, 0.5) is 0 Å². The normalized spacial score (nSPS) is 11.5. The van der Waals surface area contributed by atoms with E-state index in [0.717, 1.165) is 0 Å². The fraction of sp³-hybridized carbons (Fsp3) is 0.538. The number of hydrogen-bond donors (Lipinski definition) is 0. The van der Waals surface area contributed by atoms with Gasteiger partial charge in [-0.15, -0.1) is 11.6 Å². The second-order valence-electron chi connectivity index (χ2n) is 4.52. The highest BCUT2D eigenvalue weighted by atomic mass is 79.9. The second kappa shape index (κ2) is 5.36. The van der Waals surface area contributed by atoms with Gasteiger partial charge in [-0.3, -0.25) is 0 Å². The fourth-order valence-electron chi connectivity index (χ4n) is 1.74. The van der Waals surface area contributed by atoms with Crippen LogP contribution in [0.3, 0.4) is 0 Å². The first-order chi connectivity index (χ1) is 6.97. The van der Waals surface area contributed by atoms with Crippen molar-refractivity contribution in [1.29, 1.82) is 0 Å². The van der Waals surface area contributed by atoms with E-state index in [9.17, 15) is 0 Å². The molecule has 15 heavy (non-hydrogen) atoms. The van der Waals surface area contributed by atoms with E-state index >= 15 is 0 Å². The summed E-state index contributed by atoms with van der Waals surface area (Å²) in [6.07, 6.45) is 0. The quantitative estimate of drug-likeness (QED) is 0.650. The summed E-state index contributed by atoms with van der Waals surface area (Å²) in [6.45, 7) is 8.85. The van der Waals surface area contributed by atoms with Crippen molar-refractivity contribution >= 4 is 27.5 Å². The lowest BCUT2D eigenvalue weighted by molar-refractivity contribution is 0.821. The van der Waals surface area contributed by atoms with Gasteiger partial charge < -0.3 is 0 Å². The molecule has 0 aromatic heterocycles. The summed E-state index contributed by atoms with van der Waals surface area (Å²) in [5.41, 5.74) is 3.98. The first-order valence-corrected chi connectivity index (χ1v) is 6.68. The molecule has 0 nitrogen and oxygen atoms in total. The summed E-state index contributed by atoms with van der Waals surface area (Å²) in [5, 5.41) is 0. The van der Waals surface area contributed by atoms with E-state index in [4.69, 9.17) is 11.6 Å². The van der Waals surface area contributed by atoms with Crippen LogP contribution in [-0.2, 0) is 5.88 Å². The monoisotopic (exact) mass is 288 g/mol. The molecule has 1 rings (SSSR count). The Morgan fingerprint density at radius 2 is 1.60 bits per heavy atom. The van der Waals surface area contributed by atoms with Crippen molar-refractivity contribution in [3.8, 4) is 0 Å². The Bertz CT molecular complexity index is 343. The Hall–Kier alpha value is -0.0100. The molecule has 84 valence electrons. The molecule has 0 unspecified atom stereocenters. The Morgan fingerprint density at radius 3 is 2.00 bits per heavy atom. The van der Waals surface area contributed by atoms with Crippen LogP contribution in [0, 0.1) is 0 Å². The van der Waals surface area contributed by atoms with Crippen LogP contribution in [-0.4, -0.2) is 0 Å². The molecule has 0 spiro atoms. The summed E-state index contributed by atoms with van der Waals surface area (Å²) in [5.74, 6) is 1.66. The number of hydrogen-bond acceptors (Lipinski definition) is 0. The van der Waals surface area contributed by atoms with Crippen LogP contribution in [0.25, 0.3) is 0 Å². The lowest BCUT2D eigenvalue weighted by Gasteiger charge is -2.17. The Labute approximate surface area is 106 Å². The fourth-order valence-corrected chi connectivity index (χ4v) is 2.82. The van der Waals surface area contributed by atoms with Crippen LogP contribution < -0.4 is 0 Å². The number of alkyl halides is 1. The zero-order valence-corrected chi connectivity index (χ0v) is 12.1. The molecule has 0 saturated carbocycles. The molecule has 0 saturated heterocycles. The summed E-state index contributed by atoms with van der Waals surface area (Å²) < 4.78 is 1.18. The molecular weight excluding hydrogens is 272 g/mol. The van der Waals surface area contributed by atoms with Crippen LogP contribution in [0.15, 0.2) is 16.6 Å². The maximum atomic E-state index is 5.96. The zero-order valence-electron chi connectivity index (χ0n) is 9.77. The predicted octanol–water partition coefficient (Wildman–Crippen LogP) is 5.43. The third-order valence-corrected chi connectivity index (χ3v) is 3.62. The van der Waals surface area contributed by atoms with E-state index in [2.05, 4.69) is 55.8 Å². The van der Waals surface area contributed by atoms with Crippen molar-refractivity contribution in [2.75, 3.05) is 0 Å². The third-order valence-electron chi connectivity index (χ3n) is 2.65. The molecule has 0 aliphatic rings. The largest absolute Gasteiger partial charge is 0.122 e. The molecule has 0 N–H and O–H groups in total. The number of rotatable bonds is 3. The van der Waals surface area contributed by atoms with Crippen LogP contribution in [0.2, 0.25) is 0 Å². The molecule has 0 fully saturated rings. The molecule has 0 bridgehead atoms. The molecule has 0 aliphatic carbocycles. The minimum absolute atomic E-state index is 0.532. The van der Waals surface area contributed by atoms with Crippen LogP contribution in [0.1, 0.15) is 56.2 Å². The molecule has 1 aromatic rings. The van der Waals surface area contributed by atoms with Crippen molar-refractivity contribution in [2.45, 2.75) is 45.4 Å². The van der Waals surface area contributed by atoms with Gasteiger partial charge in [0, 0.05) is 10.4 Å². The highest BCUT2D eigenvalue weighted by Gasteiger charge is 2.12. The smallest absolute Gasteiger partial charge is 0.0477 e. The van der Waals surface area contributed by atoms with Gasteiger partial charge in [-0.1, -0.05) is 49.7 Å². The topological polar surface area (TPSA) is 0 Å². The second-order valence-corrected chi connectivity index (χ2v) is 5.64. The van der Waals surface area contributed by atoms with Crippen LogP contribution in [0.5, 0.6) is 0 Å². The van der Waals surface area contributed by atoms with Gasteiger partial charge in [0.1, 0.15) is 0 Å². The van der Waals surface area contributed by atoms with Crippen molar-refractivity contribution in [1.82, 2.24) is 0 Å². The molecule has 2 heteroatoms. The van der Waals surface area contributed by atoms with Gasteiger partial charge in [-0.2, -0.15) is 0 Å². The lowest BCUT2D eigenvalue weighted by atomic mass is 9.92. The van der Waals surface area contributed by atoms with Gasteiger partial charge in [-0.25, -0.2) is 0 Å². The first kappa shape index (κ1) is 13.1. The predicted molar refractivity (Wildman–Crippen MR) is 71.9 cm³/mol.